The Balaban J connectivity index is 0.000000628. The van der Waals surface area contributed by atoms with Crippen LogP contribution in [0.15, 0.2) is 30.3 Å². The first-order valence-corrected chi connectivity index (χ1v) is 12.0. The predicted molar refractivity (Wildman–Crippen MR) is 114 cm³/mol. The monoisotopic (exact) mass is 442 g/mol. The van der Waals surface area contributed by atoms with Crippen LogP contribution in [0.25, 0.3) is 0 Å². The molecular weight excluding hydrogens is 416 g/mol. The fourth-order valence-electron chi connectivity index (χ4n) is 5.21. The van der Waals surface area contributed by atoms with Crippen LogP contribution in [0.3, 0.4) is 0 Å². The SMILES string of the molecule is CO[C@@]12CCCC[C@H]1[C@@]1(C#N)C(=O)NC(=N)[C@@]1(C#N)[C@H](c1ccccc1)O2.CS(C)=O. The van der Waals surface area contributed by atoms with Gasteiger partial charge in [0.15, 0.2) is 16.6 Å². The lowest BCUT2D eigenvalue weighted by atomic mass is 9.50. The standard InChI is InChI=1S/C20H20N4O3.C2H6OS/c1-26-20-10-6-5-9-14(20)18(11-21)17(25)24-16(23)19(18,12-22)15(27-20)13-7-3-2-4-8-13;1-4(2)3/h2-4,7-8,14-15H,5-6,9-10H2,1H3,(H2,23,24,25);1-2H3/t14-,15-,18-,19+,20+;/m0./s1. The molecule has 3 fully saturated rings. The summed E-state index contributed by atoms with van der Waals surface area (Å²) in [5, 5.41) is 31.5. The summed E-state index contributed by atoms with van der Waals surface area (Å²) in [5.41, 5.74) is -2.85. The van der Waals surface area contributed by atoms with Crippen molar-refractivity contribution in [2.45, 2.75) is 37.6 Å². The van der Waals surface area contributed by atoms with Gasteiger partial charge in [-0.1, -0.05) is 36.8 Å². The number of fused-ring (bicyclic) bond motifs is 3. The van der Waals surface area contributed by atoms with E-state index in [9.17, 15) is 19.5 Å². The smallest absolute Gasteiger partial charge is 0.248 e. The molecule has 1 saturated carbocycles. The molecule has 1 aliphatic carbocycles. The number of hydrogen-bond acceptors (Lipinski definition) is 7. The van der Waals surface area contributed by atoms with E-state index in [1.807, 2.05) is 6.07 Å². The van der Waals surface area contributed by atoms with Crippen LogP contribution in [0.4, 0.5) is 0 Å². The molecule has 0 unspecified atom stereocenters. The van der Waals surface area contributed by atoms with Crippen molar-refractivity contribution >= 4 is 22.5 Å². The highest BCUT2D eigenvalue weighted by molar-refractivity contribution is 7.83. The highest BCUT2D eigenvalue weighted by atomic mass is 32.2. The van der Waals surface area contributed by atoms with Crippen LogP contribution in [0.2, 0.25) is 0 Å². The van der Waals surface area contributed by atoms with Gasteiger partial charge >= 0.3 is 0 Å². The van der Waals surface area contributed by atoms with E-state index in [-0.39, 0.29) is 5.84 Å². The van der Waals surface area contributed by atoms with Gasteiger partial charge in [0.05, 0.1) is 12.1 Å². The van der Waals surface area contributed by atoms with Crippen LogP contribution >= 0.6 is 0 Å². The maximum Gasteiger partial charge on any atom is 0.248 e. The van der Waals surface area contributed by atoms with Crippen LogP contribution < -0.4 is 5.32 Å². The number of amides is 1. The Morgan fingerprint density at radius 1 is 1.19 bits per heavy atom. The van der Waals surface area contributed by atoms with E-state index in [0.29, 0.717) is 18.4 Å². The van der Waals surface area contributed by atoms with Gasteiger partial charge in [-0.2, -0.15) is 10.5 Å². The fourth-order valence-corrected chi connectivity index (χ4v) is 5.21. The van der Waals surface area contributed by atoms with Gasteiger partial charge in [0, 0.05) is 42.8 Å². The highest BCUT2D eigenvalue weighted by Crippen LogP contribution is 2.67. The van der Waals surface area contributed by atoms with Crippen molar-refractivity contribution in [1.82, 2.24) is 5.32 Å². The normalized spacial score (nSPS) is 36.2. The minimum Gasteiger partial charge on any atom is -0.353 e. The summed E-state index contributed by atoms with van der Waals surface area (Å²) < 4.78 is 21.8. The van der Waals surface area contributed by atoms with Crippen LogP contribution in [0, 0.1) is 44.8 Å². The van der Waals surface area contributed by atoms with Gasteiger partial charge in [0.2, 0.25) is 5.91 Å². The molecule has 2 heterocycles. The van der Waals surface area contributed by atoms with Gasteiger partial charge in [-0.05, 0) is 18.4 Å². The molecule has 164 valence electrons. The molecule has 2 aliphatic heterocycles. The van der Waals surface area contributed by atoms with Crippen molar-refractivity contribution in [1.29, 1.82) is 15.9 Å². The Hall–Kier alpha value is -2.59. The number of methoxy groups -OCH3 is 1. The molecule has 4 rings (SSSR count). The Kier molecular flexibility index (Phi) is 6.33. The van der Waals surface area contributed by atoms with E-state index in [2.05, 4.69) is 17.5 Å². The molecule has 2 N–H and O–H groups in total. The van der Waals surface area contributed by atoms with E-state index in [0.717, 1.165) is 12.8 Å². The molecule has 0 bridgehead atoms. The largest absolute Gasteiger partial charge is 0.353 e. The zero-order chi connectivity index (χ0) is 22.9. The number of carbonyl (C=O) groups is 1. The van der Waals surface area contributed by atoms with Crippen molar-refractivity contribution in [3.05, 3.63) is 35.9 Å². The molecule has 0 aromatic heterocycles. The second kappa shape index (κ2) is 8.51. The zero-order valence-electron chi connectivity index (χ0n) is 17.8. The number of rotatable bonds is 2. The van der Waals surface area contributed by atoms with E-state index < -0.39 is 45.3 Å². The number of amidine groups is 1. The average molecular weight is 443 g/mol. The summed E-state index contributed by atoms with van der Waals surface area (Å²) in [6, 6.07) is 13.4. The summed E-state index contributed by atoms with van der Waals surface area (Å²) in [6.07, 6.45) is 5.01. The van der Waals surface area contributed by atoms with Crippen LogP contribution in [-0.2, 0) is 25.1 Å². The van der Waals surface area contributed by atoms with Gasteiger partial charge in [-0.3, -0.25) is 14.4 Å². The lowest BCUT2D eigenvalue weighted by Gasteiger charge is -2.57. The second-order valence-electron chi connectivity index (χ2n) is 8.13. The fraction of sp³-hybridized carbons (Fsp3) is 0.545. The number of hydrogen-bond donors (Lipinski definition) is 2. The van der Waals surface area contributed by atoms with Crippen LogP contribution in [0.1, 0.15) is 37.4 Å². The second-order valence-corrected chi connectivity index (χ2v) is 9.62. The third-order valence-corrected chi connectivity index (χ3v) is 6.45. The Morgan fingerprint density at radius 3 is 2.35 bits per heavy atom. The number of carbonyl (C=O) groups excluding carboxylic acids is 1. The molecule has 1 amide bonds. The topological polar surface area (TPSA) is 136 Å². The quantitative estimate of drug-likeness (QED) is 0.722. The Labute approximate surface area is 184 Å². The number of nitrogens with zero attached hydrogens (tertiary/aromatic N) is 2. The van der Waals surface area contributed by atoms with Crippen LogP contribution in [0.5, 0.6) is 0 Å². The van der Waals surface area contributed by atoms with Gasteiger partial charge in [-0.25, -0.2) is 0 Å². The van der Waals surface area contributed by atoms with E-state index in [4.69, 9.17) is 14.9 Å². The van der Waals surface area contributed by atoms with E-state index in [1.165, 1.54) is 7.11 Å². The summed E-state index contributed by atoms with van der Waals surface area (Å²) in [4.78, 5) is 13.1. The third-order valence-electron chi connectivity index (χ3n) is 6.45. The summed E-state index contributed by atoms with van der Waals surface area (Å²) >= 11 is 0. The van der Waals surface area contributed by atoms with Gasteiger partial charge in [0.25, 0.3) is 0 Å². The molecular formula is C22H26N4O4S. The van der Waals surface area contributed by atoms with E-state index >= 15 is 0 Å². The minimum absolute atomic E-state index is 0.277. The minimum atomic E-state index is -1.75. The summed E-state index contributed by atoms with van der Waals surface area (Å²) in [6.45, 7) is 0. The van der Waals surface area contributed by atoms with Gasteiger partial charge in [0.1, 0.15) is 11.9 Å². The highest BCUT2D eigenvalue weighted by Gasteiger charge is 2.79. The predicted octanol–water partition coefficient (Wildman–Crippen LogP) is 2.41. The molecule has 0 radical (unpaired) electrons. The molecule has 31 heavy (non-hydrogen) atoms. The van der Waals surface area contributed by atoms with Crippen molar-refractivity contribution in [2.75, 3.05) is 19.6 Å². The van der Waals surface area contributed by atoms with Crippen LogP contribution in [-0.4, -0.2) is 41.4 Å². The molecule has 3 aliphatic rings. The van der Waals surface area contributed by atoms with Crippen molar-refractivity contribution < 1.29 is 18.5 Å². The third kappa shape index (κ3) is 3.20. The lowest BCUT2D eigenvalue weighted by molar-refractivity contribution is -0.345. The van der Waals surface area contributed by atoms with Crippen molar-refractivity contribution in [3.8, 4) is 12.1 Å². The zero-order valence-corrected chi connectivity index (χ0v) is 18.6. The summed E-state index contributed by atoms with van der Waals surface area (Å²) in [7, 11) is 0.906. The van der Waals surface area contributed by atoms with Crippen molar-refractivity contribution in [3.63, 3.8) is 0 Å². The first-order valence-electron chi connectivity index (χ1n) is 10.0. The Bertz CT molecular complexity index is 983. The molecule has 5 atom stereocenters. The van der Waals surface area contributed by atoms with Gasteiger partial charge < -0.3 is 14.8 Å². The molecule has 2 saturated heterocycles. The lowest BCUT2D eigenvalue weighted by Crippen LogP contribution is -2.66. The number of nitriles is 2. The Morgan fingerprint density at radius 2 is 1.81 bits per heavy atom. The maximum absolute atomic E-state index is 13.1. The molecule has 9 heteroatoms. The number of benzene rings is 1. The molecule has 8 nitrogen and oxygen atoms in total. The van der Waals surface area contributed by atoms with Crippen molar-refractivity contribution in [2.24, 2.45) is 16.7 Å². The molecule has 1 aromatic carbocycles. The van der Waals surface area contributed by atoms with Gasteiger partial charge in [-0.15, -0.1) is 0 Å². The molecule has 0 spiro atoms. The first-order chi connectivity index (χ1) is 14.8. The first kappa shape index (κ1) is 23.1. The summed E-state index contributed by atoms with van der Waals surface area (Å²) in [5.74, 6) is -2.65. The number of ether oxygens (including phenoxy) is 2. The maximum atomic E-state index is 13.1. The number of nitrogens with one attached hydrogen (secondary N) is 2. The molecule has 1 aromatic rings. The average Bonchev–Trinajstić information content (AvgIpc) is 3.00. The van der Waals surface area contributed by atoms with E-state index in [1.54, 1.807) is 36.8 Å².